The van der Waals surface area contributed by atoms with Gasteiger partial charge in [-0.15, -0.1) is 0 Å². The van der Waals surface area contributed by atoms with Gasteiger partial charge in [0.1, 0.15) is 5.75 Å². The van der Waals surface area contributed by atoms with E-state index in [0.29, 0.717) is 0 Å². The minimum atomic E-state index is 0.162. The molecule has 0 aliphatic rings. The van der Waals surface area contributed by atoms with Gasteiger partial charge in [0.2, 0.25) is 0 Å². The van der Waals surface area contributed by atoms with Gasteiger partial charge in [0, 0.05) is 5.75 Å². The average molecular weight is 212 g/mol. The van der Waals surface area contributed by atoms with E-state index in [1.165, 1.54) is 16.9 Å². The Kier molecular flexibility index (Phi) is 4.33. The van der Waals surface area contributed by atoms with E-state index >= 15 is 0 Å². The fourth-order valence-electron chi connectivity index (χ4n) is 1.30. The number of rotatable bonds is 4. The largest absolute Gasteiger partial charge is 0.493 e. The molecule has 80 valence electrons. The van der Waals surface area contributed by atoms with E-state index < -0.39 is 0 Å². The van der Waals surface area contributed by atoms with Gasteiger partial charge in [0.15, 0.2) is 0 Å². The molecule has 1 nitrogen and oxygen atoms in total. The first-order chi connectivity index (χ1) is 6.59. The average Bonchev–Trinajstić information content (AvgIpc) is 2.08. The van der Waals surface area contributed by atoms with Crippen molar-refractivity contribution in [3.05, 3.63) is 29.3 Å². The summed E-state index contributed by atoms with van der Waals surface area (Å²) in [5, 5.41) is 0. The highest BCUT2D eigenvalue weighted by Gasteiger charge is 1.99. The van der Waals surface area contributed by atoms with Gasteiger partial charge in [-0.2, -0.15) is 0 Å². The lowest BCUT2D eigenvalue weighted by Crippen LogP contribution is -2.03. The van der Waals surface area contributed by atoms with Crippen molar-refractivity contribution in [3.8, 4) is 5.75 Å². The molecule has 1 aromatic rings. The minimum Gasteiger partial charge on any atom is -0.493 e. The molecule has 14 heavy (non-hydrogen) atoms. The van der Waals surface area contributed by atoms with Crippen molar-refractivity contribution in [1.29, 1.82) is 0 Å². The zero-order valence-corrected chi connectivity index (χ0v) is 10.4. The first kappa shape index (κ1) is 11.4. The molecule has 0 spiro atoms. The fourth-order valence-corrected chi connectivity index (χ4v) is 1.76. The molecular weight excluding hydrogens is 192 g/mol. The molecule has 0 aliphatic carbocycles. The number of ether oxygens (including phenoxy) is 1. The summed E-state index contributed by atoms with van der Waals surface area (Å²) in [6, 6.07) is 6.33. The first-order valence-corrected chi connectivity index (χ1v) is 7.36. The van der Waals surface area contributed by atoms with Crippen LogP contribution in [-0.4, -0.2) is 24.9 Å². The van der Waals surface area contributed by atoms with Gasteiger partial charge >= 0.3 is 0 Å². The SMILES string of the molecule is Cc1ccc(OCC[SH](C)C)c(C)c1. The van der Waals surface area contributed by atoms with Gasteiger partial charge in [-0.05, 0) is 38.0 Å². The maximum atomic E-state index is 5.72. The van der Waals surface area contributed by atoms with Crippen LogP contribution in [0.3, 0.4) is 0 Å². The highest BCUT2D eigenvalue weighted by Crippen LogP contribution is 2.20. The quantitative estimate of drug-likeness (QED) is 0.755. The van der Waals surface area contributed by atoms with Gasteiger partial charge in [0.25, 0.3) is 0 Å². The van der Waals surface area contributed by atoms with E-state index in [0.717, 1.165) is 12.4 Å². The maximum absolute atomic E-state index is 5.72. The summed E-state index contributed by atoms with van der Waals surface area (Å²) in [7, 11) is 0.162. The number of benzene rings is 1. The van der Waals surface area contributed by atoms with Crippen LogP contribution < -0.4 is 4.74 Å². The second-order valence-electron chi connectivity index (χ2n) is 3.92. The van der Waals surface area contributed by atoms with Gasteiger partial charge in [-0.25, -0.2) is 0 Å². The third-order valence-electron chi connectivity index (χ3n) is 2.13. The Balaban J connectivity index is 2.51. The Morgan fingerprint density at radius 3 is 2.50 bits per heavy atom. The van der Waals surface area contributed by atoms with Crippen molar-refractivity contribution in [2.24, 2.45) is 0 Å². The smallest absolute Gasteiger partial charge is 0.122 e. The monoisotopic (exact) mass is 212 g/mol. The summed E-state index contributed by atoms with van der Waals surface area (Å²) < 4.78 is 5.72. The summed E-state index contributed by atoms with van der Waals surface area (Å²) in [6.45, 7) is 5.06. The Hall–Kier alpha value is -0.630. The van der Waals surface area contributed by atoms with Gasteiger partial charge in [-0.3, -0.25) is 10.9 Å². The molecule has 0 atom stereocenters. The maximum Gasteiger partial charge on any atom is 0.122 e. The van der Waals surface area contributed by atoms with E-state index in [2.05, 4.69) is 44.6 Å². The molecule has 0 unspecified atom stereocenters. The van der Waals surface area contributed by atoms with Gasteiger partial charge in [-0.1, -0.05) is 17.7 Å². The third-order valence-corrected chi connectivity index (χ3v) is 3.20. The number of hydrogen-bond acceptors (Lipinski definition) is 1. The number of hydrogen-bond donors (Lipinski definition) is 1. The second-order valence-corrected chi connectivity index (χ2v) is 6.53. The zero-order chi connectivity index (χ0) is 10.6. The lowest BCUT2D eigenvalue weighted by atomic mass is 10.1. The van der Waals surface area contributed by atoms with Crippen molar-refractivity contribution in [2.45, 2.75) is 13.8 Å². The lowest BCUT2D eigenvalue weighted by molar-refractivity contribution is 0.341. The molecule has 1 rings (SSSR count). The summed E-state index contributed by atoms with van der Waals surface area (Å²) in [5.74, 6) is 2.22. The van der Waals surface area contributed by atoms with Crippen molar-refractivity contribution in [2.75, 3.05) is 24.9 Å². The van der Waals surface area contributed by atoms with Gasteiger partial charge < -0.3 is 4.74 Å². The molecule has 0 aliphatic heterocycles. The molecule has 0 bridgehead atoms. The summed E-state index contributed by atoms with van der Waals surface area (Å²) >= 11 is 0. The second kappa shape index (κ2) is 5.30. The molecule has 0 heterocycles. The Bertz CT molecular complexity index is 294. The van der Waals surface area contributed by atoms with E-state index in [9.17, 15) is 0 Å². The molecule has 0 saturated carbocycles. The van der Waals surface area contributed by atoms with Crippen LogP contribution in [0, 0.1) is 13.8 Å². The molecule has 0 fully saturated rings. The van der Waals surface area contributed by atoms with Crippen LogP contribution in [0.15, 0.2) is 18.2 Å². The molecule has 0 saturated heterocycles. The third kappa shape index (κ3) is 3.62. The van der Waals surface area contributed by atoms with E-state index in [1.807, 2.05) is 0 Å². The van der Waals surface area contributed by atoms with Crippen LogP contribution in [0.25, 0.3) is 0 Å². The molecule has 0 amide bonds. The number of aryl methyl sites for hydroxylation is 2. The van der Waals surface area contributed by atoms with E-state index in [4.69, 9.17) is 4.74 Å². The predicted octanol–water partition coefficient (Wildman–Crippen LogP) is 2.94. The van der Waals surface area contributed by atoms with E-state index in [-0.39, 0.29) is 10.9 Å². The summed E-state index contributed by atoms with van der Waals surface area (Å²) in [5.41, 5.74) is 2.53. The molecule has 0 radical (unpaired) electrons. The van der Waals surface area contributed by atoms with Crippen LogP contribution in [-0.2, 0) is 0 Å². The van der Waals surface area contributed by atoms with Crippen LogP contribution >= 0.6 is 10.9 Å². The van der Waals surface area contributed by atoms with Crippen molar-refractivity contribution >= 4 is 10.9 Å². The molecule has 0 aromatic heterocycles. The van der Waals surface area contributed by atoms with Crippen LogP contribution in [0.4, 0.5) is 0 Å². The molecule has 1 aromatic carbocycles. The molecule has 2 heteroatoms. The minimum absolute atomic E-state index is 0.162. The van der Waals surface area contributed by atoms with Crippen molar-refractivity contribution in [1.82, 2.24) is 0 Å². The Labute approximate surface area is 89.8 Å². The highest BCUT2D eigenvalue weighted by atomic mass is 32.2. The fraction of sp³-hybridized carbons (Fsp3) is 0.500. The lowest BCUT2D eigenvalue weighted by Gasteiger charge is -2.12. The van der Waals surface area contributed by atoms with Crippen LogP contribution in [0.1, 0.15) is 11.1 Å². The summed E-state index contributed by atoms with van der Waals surface area (Å²) in [6.07, 6.45) is 4.56. The normalized spacial score (nSPS) is 11.3. The van der Waals surface area contributed by atoms with Crippen LogP contribution in [0.2, 0.25) is 0 Å². The standard InChI is InChI=1S/C12H20OS/c1-10-5-6-12(11(2)9-10)13-7-8-14(3)4/h5-6,9,14H,7-8H2,1-4H3. The highest BCUT2D eigenvalue weighted by molar-refractivity contribution is 8.15. The predicted molar refractivity (Wildman–Crippen MR) is 67.1 cm³/mol. The topological polar surface area (TPSA) is 9.23 Å². The summed E-state index contributed by atoms with van der Waals surface area (Å²) in [4.78, 5) is 0. The molecular formula is C12H20OS. The molecule has 0 N–H and O–H groups in total. The van der Waals surface area contributed by atoms with E-state index in [1.54, 1.807) is 0 Å². The van der Waals surface area contributed by atoms with Crippen molar-refractivity contribution in [3.63, 3.8) is 0 Å². The van der Waals surface area contributed by atoms with Crippen molar-refractivity contribution < 1.29 is 4.74 Å². The van der Waals surface area contributed by atoms with Crippen LogP contribution in [0.5, 0.6) is 5.75 Å². The van der Waals surface area contributed by atoms with Gasteiger partial charge in [0.05, 0.1) is 6.61 Å². The Morgan fingerprint density at radius 2 is 1.93 bits per heavy atom. The first-order valence-electron chi connectivity index (χ1n) is 4.94. The Morgan fingerprint density at radius 1 is 1.21 bits per heavy atom. The number of thiol groups is 1. The zero-order valence-electron chi connectivity index (χ0n) is 9.50.